The van der Waals surface area contributed by atoms with Crippen LogP contribution in [-0.4, -0.2) is 65.1 Å². The van der Waals surface area contributed by atoms with Gasteiger partial charge in [0, 0.05) is 19.3 Å². The fraction of sp³-hybridized carbons (Fsp3) is 0.375. The molecule has 2 aliphatic rings. The highest BCUT2D eigenvalue weighted by Gasteiger charge is 2.51. The summed E-state index contributed by atoms with van der Waals surface area (Å²) >= 11 is 0. The van der Waals surface area contributed by atoms with Crippen LogP contribution < -0.4 is 10.2 Å². The number of carbonyl (C=O) groups is 3. The van der Waals surface area contributed by atoms with E-state index in [1.165, 1.54) is 0 Å². The molecule has 2 fully saturated rings. The van der Waals surface area contributed by atoms with Gasteiger partial charge in [-0.3, -0.25) is 9.59 Å². The smallest absolute Gasteiger partial charge is 0.333 e. The van der Waals surface area contributed by atoms with Crippen LogP contribution in [0.15, 0.2) is 60.7 Å². The first-order valence-electron chi connectivity index (χ1n) is 10.9. The van der Waals surface area contributed by atoms with Crippen molar-refractivity contribution in [2.75, 3.05) is 25.0 Å². The van der Waals surface area contributed by atoms with E-state index in [1.54, 1.807) is 26.9 Å². The van der Waals surface area contributed by atoms with Gasteiger partial charge in [-0.1, -0.05) is 62.4 Å². The van der Waals surface area contributed by atoms with Crippen molar-refractivity contribution < 1.29 is 14.4 Å². The summed E-state index contributed by atoms with van der Waals surface area (Å²) in [6.07, 6.45) is -0.595. The molecule has 2 atom stereocenters. The van der Waals surface area contributed by atoms with E-state index < -0.39 is 12.2 Å². The fourth-order valence-electron chi connectivity index (χ4n) is 4.49. The lowest BCUT2D eigenvalue weighted by Crippen LogP contribution is -2.76. The first-order chi connectivity index (χ1) is 15.4. The van der Waals surface area contributed by atoms with Crippen LogP contribution in [-0.2, 0) is 16.1 Å². The van der Waals surface area contributed by atoms with E-state index in [0.29, 0.717) is 6.54 Å². The number of hydrogen-bond donors (Lipinski definition) is 1. The SMILES string of the molecule is CC(C)[C@H]1C(=O)N(c2ccccc2)C[C@H]2N1C(=O)CN(C)N2C(=O)NCc1ccccc1. The summed E-state index contributed by atoms with van der Waals surface area (Å²) in [5.74, 6) is -0.368. The second kappa shape index (κ2) is 9.00. The lowest BCUT2D eigenvalue weighted by atomic mass is 9.96. The quantitative estimate of drug-likeness (QED) is 0.800. The Kier molecular flexibility index (Phi) is 6.14. The van der Waals surface area contributed by atoms with Crippen molar-refractivity contribution in [3.8, 4) is 0 Å². The third-order valence-electron chi connectivity index (χ3n) is 5.98. The van der Waals surface area contributed by atoms with Crippen molar-refractivity contribution in [2.45, 2.75) is 32.6 Å². The van der Waals surface area contributed by atoms with Crippen molar-refractivity contribution in [3.63, 3.8) is 0 Å². The lowest BCUT2D eigenvalue weighted by Gasteiger charge is -2.55. The number of fused-ring (bicyclic) bond motifs is 1. The highest BCUT2D eigenvalue weighted by Crippen LogP contribution is 2.31. The molecule has 0 spiro atoms. The van der Waals surface area contributed by atoms with Crippen LogP contribution >= 0.6 is 0 Å². The van der Waals surface area contributed by atoms with Gasteiger partial charge in [0.1, 0.15) is 12.2 Å². The molecule has 8 heteroatoms. The molecule has 4 amide bonds. The maximum atomic E-state index is 13.4. The molecule has 32 heavy (non-hydrogen) atoms. The second-order valence-corrected chi connectivity index (χ2v) is 8.56. The molecule has 0 unspecified atom stereocenters. The highest BCUT2D eigenvalue weighted by molar-refractivity contribution is 6.01. The summed E-state index contributed by atoms with van der Waals surface area (Å²) in [5.41, 5.74) is 1.74. The van der Waals surface area contributed by atoms with E-state index >= 15 is 0 Å². The second-order valence-electron chi connectivity index (χ2n) is 8.56. The molecular formula is C24H29N5O3. The van der Waals surface area contributed by atoms with Gasteiger partial charge in [0.15, 0.2) is 0 Å². The van der Waals surface area contributed by atoms with Gasteiger partial charge < -0.3 is 15.1 Å². The van der Waals surface area contributed by atoms with Gasteiger partial charge >= 0.3 is 6.03 Å². The highest BCUT2D eigenvalue weighted by atomic mass is 16.2. The van der Waals surface area contributed by atoms with Gasteiger partial charge in [0.05, 0.1) is 13.1 Å². The Morgan fingerprint density at radius 1 is 1.03 bits per heavy atom. The summed E-state index contributed by atoms with van der Waals surface area (Å²) in [4.78, 5) is 43.1. The predicted octanol–water partition coefficient (Wildman–Crippen LogP) is 2.28. The van der Waals surface area contributed by atoms with Crippen LogP contribution in [0.3, 0.4) is 0 Å². The zero-order valence-corrected chi connectivity index (χ0v) is 18.6. The molecule has 2 aliphatic heterocycles. The number of carbonyl (C=O) groups excluding carboxylic acids is 3. The minimum absolute atomic E-state index is 0.0388. The number of hydrogen-bond acceptors (Lipinski definition) is 4. The minimum Gasteiger partial charge on any atom is -0.333 e. The molecule has 0 saturated carbocycles. The summed E-state index contributed by atoms with van der Waals surface area (Å²) < 4.78 is 0. The summed E-state index contributed by atoms with van der Waals surface area (Å²) in [5, 5.41) is 6.17. The van der Waals surface area contributed by atoms with Crippen molar-refractivity contribution >= 4 is 23.5 Å². The molecule has 2 aromatic carbocycles. The number of nitrogens with zero attached hydrogens (tertiary/aromatic N) is 4. The normalized spacial score (nSPS) is 21.7. The molecule has 0 radical (unpaired) electrons. The monoisotopic (exact) mass is 435 g/mol. The Morgan fingerprint density at radius 3 is 2.28 bits per heavy atom. The maximum Gasteiger partial charge on any atom is 0.334 e. The molecule has 0 bridgehead atoms. The van der Waals surface area contributed by atoms with Crippen LogP contribution in [0.4, 0.5) is 10.5 Å². The number of amides is 4. The van der Waals surface area contributed by atoms with E-state index in [0.717, 1.165) is 11.3 Å². The lowest BCUT2D eigenvalue weighted by molar-refractivity contribution is -0.177. The molecule has 0 aromatic heterocycles. The van der Waals surface area contributed by atoms with E-state index in [1.807, 2.05) is 74.5 Å². The molecular weight excluding hydrogens is 406 g/mol. The van der Waals surface area contributed by atoms with Gasteiger partial charge in [0.25, 0.3) is 0 Å². The van der Waals surface area contributed by atoms with Crippen LogP contribution in [0, 0.1) is 5.92 Å². The van der Waals surface area contributed by atoms with E-state index in [2.05, 4.69) is 5.32 Å². The molecule has 4 rings (SSSR count). The number of anilines is 1. The number of para-hydroxylation sites is 1. The standard InChI is InChI=1S/C24H29N5O3/c1-17(2)22-23(31)27(19-12-8-5-9-13-19)15-20-28(22)21(30)16-26(3)29(20)24(32)25-14-18-10-6-4-7-11-18/h4-13,17,20,22H,14-16H2,1-3H3,(H,25,32)/t20-,22-/m0/s1. The van der Waals surface area contributed by atoms with E-state index in [9.17, 15) is 14.4 Å². The maximum absolute atomic E-state index is 13.4. The largest absolute Gasteiger partial charge is 0.334 e. The zero-order chi connectivity index (χ0) is 22.8. The van der Waals surface area contributed by atoms with Gasteiger partial charge in [-0.2, -0.15) is 0 Å². The Balaban J connectivity index is 1.65. The average Bonchev–Trinajstić information content (AvgIpc) is 2.78. The average molecular weight is 436 g/mol. The van der Waals surface area contributed by atoms with Crippen LogP contribution in [0.25, 0.3) is 0 Å². The Hall–Kier alpha value is -3.39. The van der Waals surface area contributed by atoms with Crippen molar-refractivity contribution in [3.05, 3.63) is 66.2 Å². The predicted molar refractivity (Wildman–Crippen MR) is 121 cm³/mol. The van der Waals surface area contributed by atoms with Gasteiger partial charge in [0.2, 0.25) is 11.8 Å². The molecule has 168 valence electrons. The third-order valence-corrected chi connectivity index (χ3v) is 5.98. The number of hydrazine groups is 1. The molecule has 2 saturated heterocycles. The van der Waals surface area contributed by atoms with Crippen LogP contribution in [0.2, 0.25) is 0 Å². The number of nitrogens with one attached hydrogen (secondary N) is 1. The summed E-state index contributed by atoms with van der Waals surface area (Å²) in [6.45, 7) is 4.48. The molecule has 1 N–H and O–H groups in total. The van der Waals surface area contributed by atoms with Crippen LogP contribution in [0.1, 0.15) is 19.4 Å². The summed E-state index contributed by atoms with van der Waals surface area (Å²) in [7, 11) is 1.73. The van der Waals surface area contributed by atoms with Crippen molar-refractivity contribution in [1.82, 2.24) is 20.2 Å². The first-order valence-corrected chi connectivity index (χ1v) is 10.9. The van der Waals surface area contributed by atoms with Gasteiger partial charge in [-0.25, -0.2) is 14.8 Å². The van der Waals surface area contributed by atoms with Gasteiger partial charge in [-0.05, 0) is 23.6 Å². The molecule has 8 nitrogen and oxygen atoms in total. The van der Waals surface area contributed by atoms with Crippen molar-refractivity contribution in [2.24, 2.45) is 5.92 Å². The van der Waals surface area contributed by atoms with E-state index in [-0.39, 0.29) is 36.9 Å². The van der Waals surface area contributed by atoms with E-state index in [4.69, 9.17) is 0 Å². The minimum atomic E-state index is -0.639. The number of piperazine rings is 1. The number of benzene rings is 2. The summed E-state index contributed by atoms with van der Waals surface area (Å²) in [6, 6.07) is 18.1. The zero-order valence-electron chi connectivity index (χ0n) is 18.6. The topological polar surface area (TPSA) is 76.2 Å². The van der Waals surface area contributed by atoms with Gasteiger partial charge in [-0.15, -0.1) is 0 Å². The Labute approximate surface area is 188 Å². The number of likely N-dealkylation sites (N-methyl/N-ethyl adjacent to an activating group) is 1. The van der Waals surface area contributed by atoms with Crippen molar-refractivity contribution in [1.29, 1.82) is 0 Å². The molecule has 0 aliphatic carbocycles. The third kappa shape index (κ3) is 4.05. The Bertz CT molecular complexity index is 982. The molecule has 2 aromatic rings. The Morgan fingerprint density at radius 2 is 1.66 bits per heavy atom. The number of urea groups is 1. The fourth-order valence-corrected chi connectivity index (χ4v) is 4.49. The molecule has 2 heterocycles. The first kappa shape index (κ1) is 21.8. The number of rotatable bonds is 4. The van der Waals surface area contributed by atoms with Crippen LogP contribution in [0.5, 0.6) is 0 Å².